The number of carbonyl (C=O) groups is 1. The predicted octanol–water partition coefficient (Wildman–Crippen LogP) is -0.0822. The SMILES string of the molecule is O=C(O)CN1CCC2(CC(O)C2)C1. The van der Waals surface area contributed by atoms with Crippen LogP contribution in [0.2, 0.25) is 0 Å². The number of aliphatic hydroxyl groups is 1. The molecule has 13 heavy (non-hydrogen) atoms. The Bertz CT molecular complexity index is 223. The van der Waals surface area contributed by atoms with Crippen LogP contribution in [-0.4, -0.2) is 46.8 Å². The highest BCUT2D eigenvalue weighted by Gasteiger charge is 2.47. The number of likely N-dealkylation sites (tertiary alicyclic amines) is 1. The van der Waals surface area contributed by atoms with Crippen molar-refractivity contribution >= 4 is 5.97 Å². The van der Waals surface area contributed by atoms with Crippen LogP contribution in [0.1, 0.15) is 19.3 Å². The van der Waals surface area contributed by atoms with Crippen molar-refractivity contribution in [2.75, 3.05) is 19.6 Å². The maximum Gasteiger partial charge on any atom is 0.317 e. The Kier molecular flexibility index (Phi) is 2.04. The van der Waals surface area contributed by atoms with Crippen molar-refractivity contribution < 1.29 is 15.0 Å². The molecule has 1 spiro atoms. The lowest BCUT2D eigenvalue weighted by molar-refractivity contribution is -0.138. The van der Waals surface area contributed by atoms with Crippen molar-refractivity contribution in [3.8, 4) is 0 Å². The molecule has 0 aromatic heterocycles. The zero-order chi connectivity index (χ0) is 9.47. The van der Waals surface area contributed by atoms with E-state index in [-0.39, 0.29) is 18.1 Å². The third kappa shape index (κ3) is 1.69. The quantitative estimate of drug-likeness (QED) is 0.631. The second-order valence-electron chi connectivity index (χ2n) is 4.42. The lowest BCUT2D eigenvalue weighted by Crippen LogP contribution is -2.43. The van der Waals surface area contributed by atoms with Gasteiger partial charge in [0.25, 0.3) is 0 Å². The number of aliphatic hydroxyl groups excluding tert-OH is 1. The van der Waals surface area contributed by atoms with Gasteiger partial charge in [-0.2, -0.15) is 0 Å². The summed E-state index contributed by atoms with van der Waals surface area (Å²) in [5.41, 5.74) is 0.259. The summed E-state index contributed by atoms with van der Waals surface area (Å²) in [6, 6.07) is 0. The van der Waals surface area contributed by atoms with Crippen molar-refractivity contribution in [1.29, 1.82) is 0 Å². The van der Waals surface area contributed by atoms with Gasteiger partial charge >= 0.3 is 5.97 Å². The summed E-state index contributed by atoms with van der Waals surface area (Å²) in [5.74, 6) is -0.753. The molecule has 0 aromatic rings. The summed E-state index contributed by atoms with van der Waals surface area (Å²) in [6.45, 7) is 1.88. The lowest BCUT2D eigenvalue weighted by atomic mass is 9.66. The molecular weight excluding hydrogens is 170 g/mol. The number of aliphatic carboxylic acids is 1. The first-order valence-corrected chi connectivity index (χ1v) is 4.72. The van der Waals surface area contributed by atoms with Crippen LogP contribution in [0.25, 0.3) is 0 Å². The van der Waals surface area contributed by atoms with Gasteiger partial charge in [0.15, 0.2) is 0 Å². The lowest BCUT2D eigenvalue weighted by Gasteiger charge is -2.42. The van der Waals surface area contributed by atoms with Gasteiger partial charge in [0.1, 0.15) is 0 Å². The molecule has 0 atom stereocenters. The Labute approximate surface area is 77.2 Å². The maximum absolute atomic E-state index is 10.4. The Balaban J connectivity index is 1.84. The van der Waals surface area contributed by atoms with Gasteiger partial charge in [-0.1, -0.05) is 0 Å². The number of hydrogen-bond acceptors (Lipinski definition) is 3. The summed E-state index contributed by atoms with van der Waals surface area (Å²) >= 11 is 0. The minimum atomic E-state index is -0.753. The van der Waals surface area contributed by atoms with Crippen LogP contribution in [-0.2, 0) is 4.79 Å². The van der Waals surface area contributed by atoms with Crippen molar-refractivity contribution in [3.63, 3.8) is 0 Å². The first-order chi connectivity index (χ1) is 6.10. The molecule has 0 radical (unpaired) electrons. The monoisotopic (exact) mass is 185 g/mol. The zero-order valence-electron chi connectivity index (χ0n) is 7.57. The van der Waals surface area contributed by atoms with Gasteiger partial charge in [-0.3, -0.25) is 9.69 Å². The van der Waals surface area contributed by atoms with E-state index < -0.39 is 5.97 Å². The average molecular weight is 185 g/mol. The smallest absolute Gasteiger partial charge is 0.317 e. The Morgan fingerprint density at radius 1 is 1.54 bits per heavy atom. The fourth-order valence-corrected chi connectivity index (χ4v) is 2.63. The van der Waals surface area contributed by atoms with Crippen LogP contribution >= 0.6 is 0 Å². The maximum atomic E-state index is 10.4. The molecule has 4 heteroatoms. The van der Waals surface area contributed by atoms with Gasteiger partial charge in [0.2, 0.25) is 0 Å². The minimum absolute atomic E-state index is 0.134. The number of nitrogens with zero attached hydrogens (tertiary/aromatic N) is 1. The normalized spacial score (nSPS) is 39.3. The van der Waals surface area contributed by atoms with E-state index in [1.54, 1.807) is 0 Å². The van der Waals surface area contributed by atoms with Gasteiger partial charge in [0, 0.05) is 6.54 Å². The van der Waals surface area contributed by atoms with Crippen LogP contribution in [0.15, 0.2) is 0 Å². The fraction of sp³-hybridized carbons (Fsp3) is 0.889. The van der Waals surface area contributed by atoms with E-state index in [1.807, 2.05) is 4.90 Å². The molecule has 1 aliphatic carbocycles. The summed E-state index contributed by atoms with van der Waals surface area (Å²) < 4.78 is 0. The number of carboxylic acid groups (broad SMARTS) is 1. The highest BCUT2D eigenvalue weighted by molar-refractivity contribution is 5.69. The van der Waals surface area contributed by atoms with Crippen molar-refractivity contribution in [2.45, 2.75) is 25.4 Å². The summed E-state index contributed by atoms with van der Waals surface area (Å²) in [5, 5.41) is 17.8. The largest absolute Gasteiger partial charge is 0.480 e. The van der Waals surface area contributed by atoms with Crippen molar-refractivity contribution in [2.24, 2.45) is 5.41 Å². The topological polar surface area (TPSA) is 60.8 Å². The number of hydrogen-bond donors (Lipinski definition) is 2. The molecule has 2 N–H and O–H groups in total. The second kappa shape index (κ2) is 2.96. The van der Waals surface area contributed by atoms with Gasteiger partial charge in [-0.05, 0) is 31.2 Å². The Morgan fingerprint density at radius 2 is 2.23 bits per heavy atom. The molecule has 2 fully saturated rings. The standard InChI is InChI=1S/C9H15NO3/c11-7-3-9(4-7)1-2-10(6-9)5-8(12)13/h7,11H,1-6H2,(H,12,13). The molecule has 4 nitrogen and oxygen atoms in total. The van der Waals surface area contributed by atoms with Crippen LogP contribution in [0.5, 0.6) is 0 Å². The fourth-order valence-electron chi connectivity index (χ4n) is 2.63. The van der Waals surface area contributed by atoms with Crippen LogP contribution < -0.4 is 0 Å². The van der Waals surface area contributed by atoms with E-state index in [9.17, 15) is 9.90 Å². The van der Waals surface area contributed by atoms with Gasteiger partial charge in [-0.15, -0.1) is 0 Å². The molecular formula is C9H15NO3. The highest BCUT2D eigenvalue weighted by Crippen LogP contribution is 2.47. The molecule has 74 valence electrons. The van der Waals surface area contributed by atoms with E-state index in [0.29, 0.717) is 0 Å². The summed E-state index contributed by atoms with van der Waals surface area (Å²) in [6.07, 6.45) is 2.65. The molecule has 1 heterocycles. The molecule has 0 aromatic carbocycles. The van der Waals surface area contributed by atoms with Crippen LogP contribution in [0, 0.1) is 5.41 Å². The van der Waals surface area contributed by atoms with E-state index in [4.69, 9.17) is 5.11 Å². The number of carboxylic acids is 1. The molecule has 1 saturated heterocycles. The molecule has 0 unspecified atom stereocenters. The molecule has 2 aliphatic rings. The Hall–Kier alpha value is -0.610. The van der Waals surface area contributed by atoms with Crippen LogP contribution in [0.4, 0.5) is 0 Å². The molecule has 2 rings (SSSR count). The van der Waals surface area contributed by atoms with E-state index in [0.717, 1.165) is 32.4 Å². The predicted molar refractivity (Wildman–Crippen MR) is 46.4 cm³/mol. The average Bonchev–Trinajstić information content (AvgIpc) is 2.30. The molecule has 1 aliphatic heterocycles. The summed E-state index contributed by atoms with van der Waals surface area (Å²) in [7, 11) is 0. The first kappa shape index (κ1) is 8.97. The first-order valence-electron chi connectivity index (χ1n) is 4.72. The van der Waals surface area contributed by atoms with E-state index in [1.165, 1.54) is 0 Å². The minimum Gasteiger partial charge on any atom is -0.480 e. The third-order valence-corrected chi connectivity index (χ3v) is 3.21. The zero-order valence-corrected chi connectivity index (χ0v) is 7.57. The number of rotatable bonds is 2. The van der Waals surface area contributed by atoms with Gasteiger partial charge < -0.3 is 10.2 Å². The van der Waals surface area contributed by atoms with Crippen molar-refractivity contribution in [1.82, 2.24) is 4.90 Å². The van der Waals surface area contributed by atoms with Gasteiger partial charge in [-0.25, -0.2) is 0 Å². The van der Waals surface area contributed by atoms with Gasteiger partial charge in [0.05, 0.1) is 12.6 Å². The van der Waals surface area contributed by atoms with E-state index in [2.05, 4.69) is 0 Å². The molecule has 1 saturated carbocycles. The summed E-state index contributed by atoms with van der Waals surface area (Å²) in [4.78, 5) is 12.4. The third-order valence-electron chi connectivity index (χ3n) is 3.21. The Morgan fingerprint density at radius 3 is 2.77 bits per heavy atom. The molecule has 0 bridgehead atoms. The second-order valence-corrected chi connectivity index (χ2v) is 4.42. The van der Waals surface area contributed by atoms with Crippen molar-refractivity contribution in [3.05, 3.63) is 0 Å². The van der Waals surface area contributed by atoms with Crippen LogP contribution in [0.3, 0.4) is 0 Å². The molecule has 0 amide bonds. The highest BCUT2D eigenvalue weighted by atomic mass is 16.4. The van der Waals surface area contributed by atoms with E-state index >= 15 is 0 Å².